The quantitative estimate of drug-likeness (QED) is 0.664. The lowest BCUT2D eigenvalue weighted by molar-refractivity contribution is -0.137. The molecule has 2 aliphatic rings. The van der Waals surface area contributed by atoms with E-state index in [-0.39, 0.29) is 17.2 Å². The number of carbonyl (C=O) groups excluding carboxylic acids is 2. The number of hydrogen-bond donors (Lipinski definition) is 1. The van der Waals surface area contributed by atoms with Crippen LogP contribution in [-0.2, 0) is 14.3 Å². The van der Waals surface area contributed by atoms with Crippen molar-refractivity contribution < 1.29 is 19.4 Å². The van der Waals surface area contributed by atoms with Crippen LogP contribution in [-0.4, -0.2) is 22.3 Å². The smallest absolute Gasteiger partial charge is 0.206 e. The molecule has 0 fully saturated rings. The second kappa shape index (κ2) is 8.41. The molecule has 5 heteroatoms. The van der Waals surface area contributed by atoms with Gasteiger partial charge in [-0.15, -0.1) is 0 Å². The van der Waals surface area contributed by atoms with Crippen molar-refractivity contribution in [1.82, 2.24) is 0 Å². The minimum atomic E-state index is -1.77. The standard InChI is InChI=1S/C22H27ClO4/c1-6-13(3)8-9-15-10-16-17(12-27-15)18(11-19(24)14(4)7-2)22(5,26)21(25)20(16)23/h7-10,12-13,18,26H,6,11H2,1-5H3. The zero-order chi connectivity index (χ0) is 20.4. The normalized spacial score (nSPS) is 27.1. The van der Waals surface area contributed by atoms with Gasteiger partial charge in [-0.2, -0.15) is 0 Å². The number of hydrogen-bond acceptors (Lipinski definition) is 4. The van der Waals surface area contributed by atoms with E-state index in [0.717, 1.165) is 6.42 Å². The van der Waals surface area contributed by atoms with Crippen LogP contribution in [0.2, 0.25) is 0 Å². The van der Waals surface area contributed by atoms with Gasteiger partial charge in [-0.1, -0.05) is 44.0 Å². The number of Topliss-reactive ketones (excluding diaryl/α,β-unsaturated/α-hetero) is 2. The highest BCUT2D eigenvalue weighted by Crippen LogP contribution is 2.45. The van der Waals surface area contributed by atoms with Crippen molar-refractivity contribution in [3.05, 3.63) is 58.1 Å². The first-order valence-corrected chi connectivity index (χ1v) is 9.61. The summed E-state index contributed by atoms with van der Waals surface area (Å²) in [5.74, 6) is -0.458. The molecule has 0 amide bonds. The van der Waals surface area contributed by atoms with Gasteiger partial charge in [-0.25, -0.2) is 0 Å². The largest absolute Gasteiger partial charge is 0.465 e. The monoisotopic (exact) mass is 390 g/mol. The number of ether oxygens (including phenoxy) is 1. The van der Waals surface area contributed by atoms with E-state index in [1.165, 1.54) is 13.2 Å². The maximum atomic E-state index is 12.7. The molecule has 1 N–H and O–H groups in total. The molecule has 0 saturated carbocycles. The van der Waals surface area contributed by atoms with Crippen molar-refractivity contribution in [1.29, 1.82) is 0 Å². The number of rotatable bonds is 6. The van der Waals surface area contributed by atoms with Gasteiger partial charge < -0.3 is 9.84 Å². The Labute approximate surface area is 165 Å². The topological polar surface area (TPSA) is 63.6 Å². The Bertz CT molecular complexity index is 793. The van der Waals surface area contributed by atoms with Crippen LogP contribution >= 0.6 is 11.6 Å². The Morgan fingerprint density at radius 2 is 2.15 bits per heavy atom. The summed E-state index contributed by atoms with van der Waals surface area (Å²) in [4.78, 5) is 25.1. The van der Waals surface area contributed by atoms with Gasteiger partial charge in [-0.05, 0) is 44.4 Å². The molecule has 0 radical (unpaired) electrons. The van der Waals surface area contributed by atoms with Gasteiger partial charge in [0.15, 0.2) is 5.78 Å². The van der Waals surface area contributed by atoms with E-state index in [2.05, 4.69) is 13.8 Å². The lowest BCUT2D eigenvalue weighted by Gasteiger charge is -2.38. The molecule has 2 rings (SSSR count). The number of aliphatic hydroxyl groups is 1. The van der Waals surface area contributed by atoms with Crippen molar-refractivity contribution in [2.75, 3.05) is 0 Å². The van der Waals surface area contributed by atoms with E-state index in [0.29, 0.717) is 28.4 Å². The van der Waals surface area contributed by atoms with Crippen LogP contribution in [0.5, 0.6) is 0 Å². The van der Waals surface area contributed by atoms with E-state index < -0.39 is 17.3 Å². The molecule has 3 unspecified atom stereocenters. The molecule has 0 aromatic rings. The first kappa shape index (κ1) is 21.4. The van der Waals surface area contributed by atoms with E-state index in [1.807, 2.05) is 12.2 Å². The molecular weight excluding hydrogens is 364 g/mol. The Morgan fingerprint density at radius 1 is 1.48 bits per heavy atom. The maximum Gasteiger partial charge on any atom is 0.206 e. The molecule has 146 valence electrons. The summed E-state index contributed by atoms with van der Waals surface area (Å²) in [6.45, 7) is 9.09. The molecule has 4 nitrogen and oxygen atoms in total. The summed E-state index contributed by atoms with van der Waals surface area (Å²) in [7, 11) is 0. The van der Waals surface area contributed by atoms with Crippen molar-refractivity contribution in [3.63, 3.8) is 0 Å². The molecule has 0 bridgehead atoms. The van der Waals surface area contributed by atoms with Gasteiger partial charge in [0.05, 0.1) is 11.3 Å². The summed E-state index contributed by atoms with van der Waals surface area (Å²) >= 11 is 6.28. The Morgan fingerprint density at radius 3 is 2.74 bits per heavy atom. The van der Waals surface area contributed by atoms with Gasteiger partial charge in [0.1, 0.15) is 11.4 Å². The van der Waals surface area contributed by atoms with Crippen molar-refractivity contribution in [3.8, 4) is 0 Å². The minimum absolute atomic E-state index is 0.00363. The third kappa shape index (κ3) is 4.33. The predicted molar refractivity (Wildman–Crippen MR) is 107 cm³/mol. The van der Waals surface area contributed by atoms with Gasteiger partial charge in [-0.3, -0.25) is 9.59 Å². The van der Waals surface area contributed by atoms with Crippen molar-refractivity contribution in [2.45, 2.75) is 53.1 Å². The van der Waals surface area contributed by atoms with Crippen LogP contribution in [0.3, 0.4) is 0 Å². The Kier molecular flexibility index (Phi) is 6.66. The Hall–Kier alpha value is -1.91. The molecule has 0 saturated heterocycles. The molecule has 1 aliphatic heterocycles. The van der Waals surface area contributed by atoms with Crippen LogP contribution < -0.4 is 0 Å². The average Bonchev–Trinajstić information content (AvgIpc) is 2.66. The third-order valence-corrected chi connectivity index (χ3v) is 5.74. The SMILES string of the molecule is CC=C(C)C(=O)CC1C2=COC(C=CC(C)CC)=CC2=C(Cl)C(=O)C1(C)O. The molecule has 1 aliphatic carbocycles. The molecule has 3 atom stereocenters. The number of ketones is 2. The number of carbonyl (C=O) groups is 2. The van der Waals surface area contributed by atoms with Crippen LogP contribution in [0.25, 0.3) is 0 Å². The lowest BCUT2D eigenvalue weighted by Crippen LogP contribution is -2.48. The highest BCUT2D eigenvalue weighted by atomic mass is 35.5. The molecule has 0 aromatic heterocycles. The second-order valence-corrected chi connectivity index (χ2v) is 7.72. The summed E-state index contributed by atoms with van der Waals surface area (Å²) in [5, 5.41) is 10.8. The highest BCUT2D eigenvalue weighted by Gasteiger charge is 2.49. The van der Waals surface area contributed by atoms with E-state index >= 15 is 0 Å². The van der Waals surface area contributed by atoms with Crippen LogP contribution in [0.1, 0.15) is 47.5 Å². The first-order valence-electron chi connectivity index (χ1n) is 9.23. The zero-order valence-corrected chi connectivity index (χ0v) is 17.3. The van der Waals surface area contributed by atoms with E-state index in [4.69, 9.17) is 16.3 Å². The molecule has 0 aromatic carbocycles. The highest BCUT2D eigenvalue weighted by molar-refractivity contribution is 6.45. The third-order valence-electron chi connectivity index (χ3n) is 5.36. The van der Waals surface area contributed by atoms with Crippen LogP contribution in [0, 0.1) is 11.8 Å². The number of allylic oxidation sites excluding steroid dienone is 6. The summed E-state index contributed by atoms with van der Waals surface area (Å²) in [5.41, 5.74) is -0.0932. The second-order valence-electron chi connectivity index (χ2n) is 7.34. The van der Waals surface area contributed by atoms with Crippen molar-refractivity contribution in [2.24, 2.45) is 11.8 Å². The molecular formula is C22H27ClO4. The van der Waals surface area contributed by atoms with Crippen LogP contribution in [0.4, 0.5) is 0 Å². The molecule has 27 heavy (non-hydrogen) atoms. The fourth-order valence-electron chi connectivity index (χ4n) is 3.02. The predicted octanol–water partition coefficient (Wildman–Crippen LogP) is 4.75. The lowest BCUT2D eigenvalue weighted by atomic mass is 9.70. The molecule has 0 spiro atoms. The Balaban J connectivity index is 2.43. The summed E-state index contributed by atoms with van der Waals surface area (Å²) < 4.78 is 5.69. The average molecular weight is 391 g/mol. The minimum Gasteiger partial charge on any atom is -0.465 e. The van der Waals surface area contributed by atoms with Gasteiger partial charge >= 0.3 is 0 Å². The van der Waals surface area contributed by atoms with Gasteiger partial charge in [0.25, 0.3) is 0 Å². The maximum absolute atomic E-state index is 12.7. The van der Waals surface area contributed by atoms with E-state index in [9.17, 15) is 14.7 Å². The van der Waals surface area contributed by atoms with Crippen LogP contribution in [0.15, 0.2) is 58.1 Å². The summed E-state index contributed by atoms with van der Waals surface area (Å²) in [6, 6.07) is 0. The number of halogens is 1. The molecule has 1 heterocycles. The van der Waals surface area contributed by atoms with Gasteiger partial charge in [0.2, 0.25) is 5.78 Å². The fourth-order valence-corrected chi connectivity index (χ4v) is 3.37. The van der Waals surface area contributed by atoms with Crippen molar-refractivity contribution >= 4 is 23.2 Å². The van der Waals surface area contributed by atoms with Gasteiger partial charge in [0, 0.05) is 23.5 Å². The summed E-state index contributed by atoms with van der Waals surface area (Å²) in [6.07, 6.45) is 9.79. The first-order chi connectivity index (χ1) is 12.6. The number of fused-ring (bicyclic) bond motifs is 1. The van der Waals surface area contributed by atoms with E-state index in [1.54, 1.807) is 26.0 Å². The zero-order valence-electron chi connectivity index (χ0n) is 16.5. The fraction of sp³-hybridized carbons (Fsp3) is 0.455.